The first-order valence-electron chi connectivity index (χ1n) is 8.20. The van der Waals surface area contributed by atoms with Crippen LogP contribution in [0.2, 0.25) is 0 Å². The molecule has 0 fully saturated rings. The predicted octanol–water partition coefficient (Wildman–Crippen LogP) is 3.42. The molecular formula is C19H20N2O3S. The topological polar surface area (TPSA) is 67.8 Å². The molecule has 6 heteroatoms. The smallest absolute Gasteiger partial charge is 0.337 e. The van der Waals surface area contributed by atoms with Gasteiger partial charge in [0, 0.05) is 4.88 Å². The molecule has 0 aliphatic heterocycles. The molecule has 0 bridgehead atoms. The molecule has 25 heavy (non-hydrogen) atoms. The highest BCUT2D eigenvalue weighted by Gasteiger charge is 2.20. The molecule has 1 amide bonds. The van der Waals surface area contributed by atoms with Crippen LogP contribution in [0.1, 0.15) is 49.4 Å². The fourth-order valence-electron chi connectivity index (χ4n) is 2.86. The molecule has 130 valence electrons. The standard InChI is InChI=1S/C19H20N2O3S/c1-12-3-8-16-15(9-12)10-17(25-16)18(22)21-20-11-13-4-6-14(7-5-13)19(23)24-2/h4-7,10-12H,3,8-9H2,1-2H3,(H,21,22)/b20-11-/t12-/m1/s1. The van der Waals surface area contributed by atoms with Gasteiger partial charge in [-0.05, 0) is 54.5 Å². The van der Waals surface area contributed by atoms with E-state index in [-0.39, 0.29) is 11.9 Å². The van der Waals surface area contributed by atoms with Crippen molar-refractivity contribution < 1.29 is 14.3 Å². The predicted molar refractivity (Wildman–Crippen MR) is 98.3 cm³/mol. The Morgan fingerprint density at radius 2 is 2.08 bits per heavy atom. The molecule has 1 aliphatic carbocycles. The van der Waals surface area contributed by atoms with Crippen LogP contribution in [0.4, 0.5) is 0 Å². The number of methoxy groups -OCH3 is 1. The molecule has 3 rings (SSSR count). The van der Waals surface area contributed by atoms with Crippen molar-refractivity contribution in [1.82, 2.24) is 5.43 Å². The first kappa shape index (κ1) is 17.4. The molecule has 1 aliphatic rings. The molecule has 0 radical (unpaired) electrons. The number of aryl methyl sites for hydroxylation is 1. The number of amides is 1. The van der Waals surface area contributed by atoms with Gasteiger partial charge in [-0.15, -0.1) is 11.3 Å². The number of carbonyl (C=O) groups is 2. The van der Waals surface area contributed by atoms with Crippen LogP contribution < -0.4 is 5.43 Å². The van der Waals surface area contributed by atoms with Crippen molar-refractivity contribution >= 4 is 29.4 Å². The molecule has 1 atom stereocenters. The Morgan fingerprint density at radius 1 is 1.32 bits per heavy atom. The zero-order chi connectivity index (χ0) is 17.8. The number of nitrogens with one attached hydrogen (secondary N) is 1. The average Bonchev–Trinajstić information content (AvgIpc) is 3.04. The summed E-state index contributed by atoms with van der Waals surface area (Å²) in [6.07, 6.45) is 4.85. The maximum Gasteiger partial charge on any atom is 0.337 e. The fraction of sp³-hybridized carbons (Fsp3) is 0.316. The second-order valence-corrected chi connectivity index (χ2v) is 7.36. The van der Waals surface area contributed by atoms with Crippen LogP contribution in [0, 0.1) is 5.92 Å². The Balaban J connectivity index is 1.60. The fourth-order valence-corrected chi connectivity index (χ4v) is 3.96. The summed E-state index contributed by atoms with van der Waals surface area (Å²) >= 11 is 1.56. The van der Waals surface area contributed by atoms with E-state index in [2.05, 4.69) is 22.2 Å². The van der Waals surface area contributed by atoms with E-state index in [9.17, 15) is 9.59 Å². The van der Waals surface area contributed by atoms with Gasteiger partial charge >= 0.3 is 5.97 Å². The Bertz CT molecular complexity index is 809. The lowest BCUT2D eigenvalue weighted by Gasteiger charge is -2.16. The lowest BCUT2D eigenvalue weighted by atomic mass is 9.90. The maximum atomic E-state index is 12.2. The van der Waals surface area contributed by atoms with Crippen molar-refractivity contribution in [3.05, 3.63) is 56.8 Å². The Hall–Kier alpha value is -2.47. The van der Waals surface area contributed by atoms with Crippen LogP contribution in [0.5, 0.6) is 0 Å². The Kier molecular flexibility index (Phi) is 5.28. The summed E-state index contributed by atoms with van der Waals surface area (Å²) in [5.74, 6) is 0.117. The molecule has 1 aromatic carbocycles. The van der Waals surface area contributed by atoms with Crippen molar-refractivity contribution in [2.24, 2.45) is 11.0 Å². The third-order valence-electron chi connectivity index (χ3n) is 4.26. The summed E-state index contributed by atoms with van der Waals surface area (Å²) in [7, 11) is 1.34. The van der Waals surface area contributed by atoms with E-state index in [0.29, 0.717) is 16.4 Å². The van der Waals surface area contributed by atoms with E-state index in [0.717, 1.165) is 18.4 Å². The zero-order valence-corrected chi connectivity index (χ0v) is 15.1. The van der Waals surface area contributed by atoms with Crippen LogP contribution in [0.3, 0.4) is 0 Å². The van der Waals surface area contributed by atoms with Crippen molar-refractivity contribution in [2.45, 2.75) is 26.2 Å². The van der Waals surface area contributed by atoms with Crippen molar-refractivity contribution in [3.63, 3.8) is 0 Å². The quantitative estimate of drug-likeness (QED) is 0.518. The molecule has 1 aromatic heterocycles. The van der Waals surface area contributed by atoms with Gasteiger partial charge in [-0.25, -0.2) is 10.2 Å². The third-order valence-corrected chi connectivity index (χ3v) is 5.50. The van der Waals surface area contributed by atoms with Crippen LogP contribution in [0.25, 0.3) is 0 Å². The summed E-state index contributed by atoms with van der Waals surface area (Å²) in [5, 5.41) is 4.00. The number of ether oxygens (including phenoxy) is 1. The third kappa shape index (κ3) is 4.14. The van der Waals surface area contributed by atoms with Gasteiger partial charge < -0.3 is 4.74 Å². The van der Waals surface area contributed by atoms with E-state index in [4.69, 9.17) is 0 Å². The normalized spacial score (nSPS) is 16.5. The number of fused-ring (bicyclic) bond motifs is 1. The number of esters is 1. The number of nitrogens with zero attached hydrogens (tertiary/aromatic N) is 1. The number of rotatable bonds is 4. The van der Waals surface area contributed by atoms with Crippen molar-refractivity contribution in [2.75, 3.05) is 7.11 Å². The number of carbonyl (C=O) groups excluding carboxylic acids is 2. The summed E-state index contributed by atoms with van der Waals surface area (Å²) < 4.78 is 4.65. The van der Waals surface area contributed by atoms with Crippen LogP contribution in [-0.4, -0.2) is 25.2 Å². The average molecular weight is 356 g/mol. The second kappa shape index (κ2) is 7.61. The maximum absolute atomic E-state index is 12.2. The Morgan fingerprint density at radius 3 is 2.80 bits per heavy atom. The lowest BCUT2D eigenvalue weighted by Crippen LogP contribution is -2.16. The highest BCUT2D eigenvalue weighted by molar-refractivity contribution is 7.14. The van der Waals surface area contributed by atoms with Crippen molar-refractivity contribution in [1.29, 1.82) is 0 Å². The minimum absolute atomic E-state index is 0.186. The van der Waals surface area contributed by atoms with E-state index < -0.39 is 0 Å². The van der Waals surface area contributed by atoms with Crippen LogP contribution in [-0.2, 0) is 17.6 Å². The molecule has 2 aromatic rings. The van der Waals surface area contributed by atoms with Crippen molar-refractivity contribution in [3.8, 4) is 0 Å². The molecule has 1 heterocycles. The molecule has 0 unspecified atom stereocenters. The van der Waals surface area contributed by atoms with Gasteiger partial charge in [-0.3, -0.25) is 4.79 Å². The van der Waals surface area contributed by atoms with Gasteiger partial charge in [0.1, 0.15) is 0 Å². The molecule has 0 saturated heterocycles. The number of hydrogen-bond acceptors (Lipinski definition) is 5. The zero-order valence-electron chi connectivity index (χ0n) is 14.2. The van der Waals surface area contributed by atoms with E-state index in [1.807, 2.05) is 6.07 Å². The number of benzene rings is 1. The van der Waals surface area contributed by atoms with E-state index in [1.165, 1.54) is 24.0 Å². The molecular weight excluding hydrogens is 336 g/mol. The largest absolute Gasteiger partial charge is 0.465 e. The first-order chi connectivity index (χ1) is 12.1. The first-order valence-corrected chi connectivity index (χ1v) is 9.02. The van der Waals surface area contributed by atoms with Gasteiger partial charge in [-0.2, -0.15) is 5.10 Å². The summed E-state index contributed by atoms with van der Waals surface area (Å²) in [5.41, 5.74) is 5.13. The molecule has 0 saturated carbocycles. The minimum atomic E-state index is -0.382. The van der Waals surface area contributed by atoms with Crippen LogP contribution in [0.15, 0.2) is 35.4 Å². The number of hydrogen-bond donors (Lipinski definition) is 1. The highest BCUT2D eigenvalue weighted by Crippen LogP contribution is 2.32. The number of thiophene rings is 1. The van der Waals surface area contributed by atoms with Gasteiger partial charge in [0.05, 0.1) is 23.8 Å². The van der Waals surface area contributed by atoms with Gasteiger partial charge in [-0.1, -0.05) is 19.1 Å². The highest BCUT2D eigenvalue weighted by atomic mass is 32.1. The summed E-state index contributed by atoms with van der Waals surface area (Å²) in [6.45, 7) is 2.25. The number of hydrazone groups is 1. The second-order valence-electron chi connectivity index (χ2n) is 6.22. The molecule has 0 spiro atoms. The lowest BCUT2D eigenvalue weighted by molar-refractivity contribution is 0.0600. The summed E-state index contributed by atoms with van der Waals surface area (Å²) in [6, 6.07) is 8.79. The van der Waals surface area contributed by atoms with Crippen LogP contribution >= 0.6 is 11.3 Å². The van der Waals surface area contributed by atoms with Gasteiger partial charge in [0.15, 0.2) is 0 Å². The molecule has 5 nitrogen and oxygen atoms in total. The monoisotopic (exact) mass is 356 g/mol. The Labute approximate surface area is 150 Å². The SMILES string of the molecule is COC(=O)c1ccc(/C=N\NC(=O)c2cc3c(s2)CC[C@@H](C)C3)cc1. The summed E-state index contributed by atoms with van der Waals surface area (Å²) in [4.78, 5) is 25.6. The minimum Gasteiger partial charge on any atom is -0.465 e. The van der Waals surface area contributed by atoms with E-state index in [1.54, 1.807) is 41.8 Å². The van der Waals surface area contributed by atoms with E-state index >= 15 is 0 Å². The van der Waals surface area contributed by atoms with Gasteiger partial charge in [0.2, 0.25) is 0 Å². The van der Waals surface area contributed by atoms with Gasteiger partial charge in [0.25, 0.3) is 5.91 Å². The molecule has 1 N–H and O–H groups in total.